The molecule has 22 heavy (non-hydrogen) atoms. The Labute approximate surface area is 133 Å². The normalized spacial score (nSPS) is 10.0. The molecule has 0 radical (unpaired) electrons. The second-order valence-electron chi connectivity index (χ2n) is 5.32. The summed E-state index contributed by atoms with van der Waals surface area (Å²) >= 11 is 0. The third-order valence-electron chi connectivity index (χ3n) is 3.25. The molecule has 0 fully saturated rings. The van der Waals surface area contributed by atoms with Crippen LogP contribution < -0.4 is 10.9 Å². The first-order chi connectivity index (χ1) is 10.5. The van der Waals surface area contributed by atoms with E-state index >= 15 is 0 Å². The van der Waals surface area contributed by atoms with Crippen molar-refractivity contribution in [2.24, 2.45) is 0 Å². The van der Waals surface area contributed by atoms with Gasteiger partial charge in [-0.05, 0) is 30.5 Å². The standard InChI is InChI=1S/C14H15NO3.C4H10.H2/c1-9-3-4-12-11(5-6-15-10(2)16)8-14(17)18-13(12)7-9;1-3-4-2;/h3-4,7-8H,5-6H2,1-2H3,(H,15,16);3-4H2,1-2H3;1H. The molecule has 2 rings (SSSR count). The maximum atomic E-state index is 11.5. The second-order valence-corrected chi connectivity index (χ2v) is 5.32. The highest BCUT2D eigenvalue weighted by molar-refractivity contribution is 5.81. The number of rotatable bonds is 4. The minimum Gasteiger partial charge on any atom is -0.423 e. The van der Waals surface area contributed by atoms with Gasteiger partial charge in [0.1, 0.15) is 5.58 Å². The van der Waals surface area contributed by atoms with E-state index in [2.05, 4.69) is 19.2 Å². The smallest absolute Gasteiger partial charge is 0.336 e. The van der Waals surface area contributed by atoms with Crippen LogP contribution in [0.25, 0.3) is 11.0 Å². The minimum absolute atomic E-state index is 0. The lowest BCUT2D eigenvalue weighted by Gasteiger charge is -2.06. The summed E-state index contributed by atoms with van der Waals surface area (Å²) < 4.78 is 5.17. The molecule has 2 aromatic rings. The topological polar surface area (TPSA) is 59.3 Å². The summed E-state index contributed by atoms with van der Waals surface area (Å²) in [7, 11) is 0. The lowest BCUT2D eigenvalue weighted by atomic mass is 10.1. The number of carbonyl (C=O) groups excluding carboxylic acids is 1. The van der Waals surface area contributed by atoms with Crippen molar-refractivity contribution >= 4 is 16.9 Å². The van der Waals surface area contributed by atoms with Crippen LogP contribution in [0.1, 0.15) is 46.2 Å². The summed E-state index contributed by atoms with van der Waals surface area (Å²) in [5.41, 5.74) is 2.19. The molecule has 0 saturated heterocycles. The van der Waals surface area contributed by atoms with Crippen molar-refractivity contribution in [2.45, 2.75) is 47.0 Å². The number of unbranched alkanes of at least 4 members (excludes halogenated alkanes) is 1. The molecule has 1 aromatic carbocycles. The Hall–Kier alpha value is -2.10. The summed E-state index contributed by atoms with van der Waals surface area (Å²) in [6, 6.07) is 7.25. The molecule has 0 unspecified atom stereocenters. The molecule has 0 saturated carbocycles. The number of aryl methyl sites for hydroxylation is 1. The van der Waals surface area contributed by atoms with Crippen LogP contribution in [0.5, 0.6) is 0 Å². The summed E-state index contributed by atoms with van der Waals surface area (Å²) in [6.07, 6.45) is 3.25. The maximum Gasteiger partial charge on any atom is 0.336 e. The SMILES string of the molecule is CC(=O)NCCc1cc(=O)oc2cc(C)ccc12.CCCC.[HH]. The maximum absolute atomic E-state index is 11.5. The highest BCUT2D eigenvalue weighted by atomic mass is 16.4. The molecule has 0 bridgehead atoms. The van der Waals surface area contributed by atoms with Gasteiger partial charge in [-0.25, -0.2) is 4.79 Å². The van der Waals surface area contributed by atoms with E-state index < -0.39 is 0 Å². The fourth-order valence-electron chi connectivity index (χ4n) is 1.92. The third-order valence-corrected chi connectivity index (χ3v) is 3.25. The van der Waals surface area contributed by atoms with Gasteiger partial charge in [0.05, 0.1) is 0 Å². The molecule has 0 aliphatic carbocycles. The number of amides is 1. The molecule has 122 valence electrons. The van der Waals surface area contributed by atoms with E-state index in [9.17, 15) is 9.59 Å². The molecule has 4 heteroatoms. The first kappa shape index (κ1) is 18.0. The average Bonchev–Trinajstić information content (AvgIpc) is 2.46. The highest BCUT2D eigenvalue weighted by Crippen LogP contribution is 2.18. The van der Waals surface area contributed by atoms with Crippen LogP contribution in [0, 0.1) is 6.92 Å². The van der Waals surface area contributed by atoms with Crippen LogP contribution in [0.2, 0.25) is 0 Å². The molecule has 0 aliphatic heterocycles. The number of nitrogens with one attached hydrogen (secondary N) is 1. The van der Waals surface area contributed by atoms with E-state index in [0.29, 0.717) is 18.5 Å². The Morgan fingerprint density at radius 3 is 2.50 bits per heavy atom. The first-order valence-electron chi connectivity index (χ1n) is 7.75. The molecule has 1 N–H and O–H groups in total. The molecule has 1 heterocycles. The average molecular weight is 305 g/mol. The number of fused-ring (bicyclic) bond motifs is 1. The van der Waals surface area contributed by atoms with Crippen LogP contribution in [0.4, 0.5) is 0 Å². The largest absolute Gasteiger partial charge is 0.423 e. The zero-order valence-corrected chi connectivity index (χ0v) is 13.9. The van der Waals surface area contributed by atoms with Crippen molar-refractivity contribution in [1.82, 2.24) is 5.32 Å². The van der Waals surface area contributed by atoms with Crippen molar-refractivity contribution in [3.05, 3.63) is 45.8 Å². The molecular weight excluding hydrogens is 278 g/mol. The Balaban J connectivity index is 0.000000871. The van der Waals surface area contributed by atoms with Gasteiger partial charge in [0.25, 0.3) is 0 Å². The van der Waals surface area contributed by atoms with Crippen LogP contribution in [0.15, 0.2) is 33.5 Å². The number of hydrogen-bond acceptors (Lipinski definition) is 3. The zero-order chi connectivity index (χ0) is 16.5. The summed E-state index contributed by atoms with van der Waals surface area (Å²) in [5.74, 6) is -0.0712. The Morgan fingerprint density at radius 1 is 1.23 bits per heavy atom. The van der Waals surface area contributed by atoms with Crippen LogP contribution in [-0.4, -0.2) is 12.5 Å². The Morgan fingerprint density at radius 2 is 1.91 bits per heavy atom. The quantitative estimate of drug-likeness (QED) is 0.873. The minimum atomic E-state index is -0.356. The van der Waals surface area contributed by atoms with E-state index in [0.717, 1.165) is 16.5 Å². The van der Waals surface area contributed by atoms with Gasteiger partial charge in [0.2, 0.25) is 5.91 Å². The van der Waals surface area contributed by atoms with Gasteiger partial charge in [-0.15, -0.1) is 0 Å². The van der Waals surface area contributed by atoms with Crippen LogP contribution in [-0.2, 0) is 11.2 Å². The van der Waals surface area contributed by atoms with E-state index in [1.54, 1.807) is 0 Å². The van der Waals surface area contributed by atoms with E-state index in [-0.39, 0.29) is 13.0 Å². The lowest BCUT2D eigenvalue weighted by molar-refractivity contribution is -0.118. The van der Waals surface area contributed by atoms with E-state index in [1.807, 2.05) is 25.1 Å². The van der Waals surface area contributed by atoms with Gasteiger partial charge in [0.15, 0.2) is 0 Å². The van der Waals surface area contributed by atoms with Crippen molar-refractivity contribution in [3.8, 4) is 0 Å². The van der Waals surface area contributed by atoms with Gasteiger partial charge in [-0.2, -0.15) is 0 Å². The molecular formula is C18H27NO3. The predicted molar refractivity (Wildman–Crippen MR) is 92.3 cm³/mol. The van der Waals surface area contributed by atoms with Crippen LogP contribution >= 0.6 is 0 Å². The highest BCUT2D eigenvalue weighted by Gasteiger charge is 2.05. The molecule has 0 spiro atoms. The monoisotopic (exact) mass is 305 g/mol. The number of benzene rings is 1. The van der Waals surface area contributed by atoms with E-state index in [4.69, 9.17) is 4.42 Å². The van der Waals surface area contributed by atoms with Gasteiger partial charge >= 0.3 is 5.63 Å². The van der Waals surface area contributed by atoms with E-state index in [1.165, 1.54) is 25.8 Å². The number of carbonyl (C=O) groups is 1. The lowest BCUT2D eigenvalue weighted by Crippen LogP contribution is -2.22. The third kappa shape index (κ3) is 5.72. The molecule has 0 aliphatic rings. The number of hydrogen-bond donors (Lipinski definition) is 1. The zero-order valence-electron chi connectivity index (χ0n) is 13.9. The van der Waals surface area contributed by atoms with Gasteiger partial charge < -0.3 is 9.73 Å². The molecule has 1 aromatic heterocycles. The summed E-state index contributed by atoms with van der Waals surface area (Å²) in [5, 5.41) is 3.64. The Kier molecular flexibility index (Phi) is 7.37. The fraction of sp³-hybridized carbons (Fsp3) is 0.444. The van der Waals surface area contributed by atoms with Crippen molar-refractivity contribution in [3.63, 3.8) is 0 Å². The molecule has 1 amide bonds. The van der Waals surface area contributed by atoms with Crippen molar-refractivity contribution in [2.75, 3.05) is 6.54 Å². The van der Waals surface area contributed by atoms with Crippen LogP contribution in [0.3, 0.4) is 0 Å². The Bertz CT molecular complexity index is 678. The first-order valence-corrected chi connectivity index (χ1v) is 7.75. The summed E-state index contributed by atoms with van der Waals surface area (Å²) in [6.45, 7) is 8.30. The predicted octanol–water partition coefficient (Wildman–Crippen LogP) is 3.83. The molecule has 4 nitrogen and oxygen atoms in total. The van der Waals surface area contributed by atoms with Crippen molar-refractivity contribution < 1.29 is 10.6 Å². The summed E-state index contributed by atoms with van der Waals surface area (Å²) in [4.78, 5) is 22.3. The van der Waals surface area contributed by atoms with Gasteiger partial charge in [-0.1, -0.05) is 38.8 Å². The fourth-order valence-corrected chi connectivity index (χ4v) is 1.92. The van der Waals surface area contributed by atoms with Gasteiger partial charge in [-0.3, -0.25) is 4.79 Å². The van der Waals surface area contributed by atoms with Gasteiger partial charge in [0, 0.05) is 26.3 Å². The van der Waals surface area contributed by atoms with Crippen molar-refractivity contribution in [1.29, 1.82) is 0 Å². The molecule has 0 atom stereocenters. The second kappa shape index (κ2) is 9.03.